The molecule has 5 heteroatoms. The monoisotopic (exact) mass is 284 g/mol. The molecule has 1 aliphatic rings. The van der Waals surface area contributed by atoms with Crippen molar-refractivity contribution in [2.45, 2.75) is 29.7 Å². The van der Waals surface area contributed by atoms with Gasteiger partial charge in [0.05, 0.1) is 10.6 Å². The van der Waals surface area contributed by atoms with Crippen molar-refractivity contribution in [2.24, 2.45) is 5.73 Å². The lowest BCUT2D eigenvalue weighted by Crippen LogP contribution is -2.54. The molecule has 2 rings (SSSR count). The van der Waals surface area contributed by atoms with E-state index in [0.29, 0.717) is 17.1 Å². The Morgan fingerprint density at radius 1 is 1.56 bits per heavy atom. The van der Waals surface area contributed by atoms with Gasteiger partial charge in [-0.15, -0.1) is 11.8 Å². The molecular formula is C13H17ClN2OS. The Kier molecular flexibility index (Phi) is 4.20. The van der Waals surface area contributed by atoms with Crippen molar-refractivity contribution in [3.8, 4) is 0 Å². The lowest BCUT2D eigenvalue weighted by molar-refractivity contribution is 0.0929. The van der Waals surface area contributed by atoms with Crippen LogP contribution in [0.15, 0.2) is 23.1 Å². The fourth-order valence-electron chi connectivity index (χ4n) is 1.96. The molecule has 1 amide bonds. The second-order valence-corrected chi connectivity index (χ2v) is 6.03. The summed E-state index contributed by atoms with van der Waals surface area (Å²) in [6.07, 6.45) is 5.07. The predicted molar refractivity (Wildman–Crippen MR) is 76.3 cm³/mol. The molecule has 3 nitrogen and oxygen atoms in total. The van der Waals surface area contributed by atoms with E-state index in [1.54, 1.807) is 17.8 Å². The first-order valence-electron chi connectivity index (χ1n) is 5.95. The van der Waals surface area contributed by atoms with Gasteiger partial charge in [0.15, 0.2) is 0 Å². The molecule has 0 atom stereocenters. The zero-order valence-corrected chi connectivity index (χ0v) is 11.9. The van der Waals surface area contributed by atoms with Crippen molar-refractivity contribution in [1.29, 1.82) is 0 Å². The molecule has 0 aliphatic heterocycles. The van der Waals surface area contributed by atoms with Crippen molar-refractivity contribution < 1.29 is 4.79 Å². The van der Waals surface area contributed by atoms with Crippen LogP contribution in [-0.2, 0) is 0 Å². The number of halogens is 1. The molecule has 0 aromatic heterocycles. The normalized spacial score (nSPS) is 17.1. The maximum Gasteiger partial charge on any atom is 0.252 e. The van der Waals surface area contributed by atoms with Crippen LogP contribution in [0.25, 0.3) is 0 Å². The van der Waals surface area contributed by atoms with Gasteiger partial charge in [0.2, 0.25) is 0 Å². The number of benzene rings is 1. The molecule has 0 spiro atoms. The number of thioether (sulfide) groups is 1. The fraction of sp³-hybridized carbons (Fsp3) is 0.462. The summed E-state index contributed by atoms with van der Waals surface area (Å²) in [6, 6.07) is 5.47. The third-order valence-corrected chi connectivity index (χ3v) is 4.42. The molecule has 0 radical (unpaired) electrons. The maximum atomic E-state index is 12.1. The Morgan fingerprint density at radius 2 is 2.28 bits per heavy atom. The zero-order valence-electron chi connectivity index (χ0n) is 10.3. The summed E-state index contributed by atoms with van der Waals surface area (Å²) in [6.45, 7) is 0.520. The average Bonchev–Trinajstić information content (AvgIpc) is 2.34. The number of hydrogen-bond donors (Lipinski definition) is 2. The van der Waals surface area contributed by atoms with E-state index >= 15 is 0 Å². The number of hydrogen-bond acceptors (Lipinski definition) is 3. The second-order valence-electron chi connectivity index (χ2n) is 4.74. The molecule has 1 aromatic rings. The Bertz CT molecular complexity index is 460. The second kappa shape index (κ2) is 5.51. The number of nitrogens with one attached hydrogen (secondary N) is 1. The quantitative estimate of drug-likeness (QED) is 0.836. The van der Waals surface area contributed by atoms with Crippen LogP contribution in [0.1, 0.15) is 29.6 Å². The average molecular weight is 285 g/mol. The van der Waals surface area contributed by atoms with E-state index in [2.05, 4.69) is 5.32 Å². The van der Waals surface area contributed by atoms with Gasteiger partial charge >= 0.3 is 0 Å². The number of carbonyl (C=O) groups is 1. The first-order chi connectivity index (χ1) is 8.54. The van der Waals surface area contributed by atoms with E-state index < -0.39 is 0 Å². The smallest absolute Gasteiger partial charge is 0.252 e. The third-order valence-electron chi connectivity index (χ3n) is 3.37. The molecule has 18 heavy (non-hydrogen) atoms. The molecule has 3 N–H and O–H groups in total. The molecule has 1 fully saturated rings. The highest BCUT2D eigenvalue weighted by molar-refractivity contribution is 7.98. The Morgan fingerprint density at radius 3 is 2.83 bits per heavy atom. The maximum absolute atomic E-state index is 12.1. The van der Waals surface area contributed by atoms with Gasteiger partial charge in [0.1, 0.15) is 0 Å². The van der Waals surface area contributed by atoms with Gasteiger partial charge in [-0.3, -0.25) is 4.79 Å². The minimum absolute atomic E-state index is 0.146. The van der Waals surface area contributed by atoms with Gasteiger partial charge < -0.3 is 11.1 Å². The van der Waals surface area contributed by atoms with Gasteiger partial charge in [-0.05, 0) is 43.7 Å². The Balaban J connectivity index is 2.03. The standard InChI is InChI=1S/C13H17ClN2OS/c1-18-9-3-4-11(14)10(7-9)12(17)16-8-13(15)5-2-6-13/h3-4,7H,2,5-6,8,15H2,1H3,(H,16,17). The number of amides is 1. The molecule has 1 aromatic carbocycles. The molecule has 0 unspecified atom stereocenters. The zero-order chi connectivity index (χ0) is 13.2. The highest BCUT2D eigenvalue weighted by atomic mass is 35.5. The summed E-state index contributed by atoms with van der Waals surface area (Å²) in [5.41, 5.74) is 6.38. The largest absolute Gasteiger partial charge is 0.350 e. The molecule has 0 saturated heterocycles. The van der Waals surface area contributed by atoms with E-state index in [1.165, 1.54) is 0 Å². The Hall–Kier alpha value is -0.710. The lowest BCUT2D eigenvalue weighted by atomic mass is 9.78. The van der Waals surface area contributed by atoms with Crippen molar-refractivity contribution in [3.05, 3.63) is 28.8 Å². The molecule has 98 valence electrons. The van der Waals surface area contributed by atoms with Crippen LogP contribution in [0.2, 0.25) is 5.02 Å². The summed E-state index contributed by atoms with van der Waals surface area (Å²) in [7, 11) is 0. The van der Waals surface area contributed by atoms with E-state index in [0.717, 1.165) is 24.2 Å². The van der Waals surface area contributed by atoms with Gasteiger partial charge in [-0.25, -0.2) is 0 Å². The minimum Gasteiger partial charge on any atom is -0.350 e. The summed E-state index contributed by atoms with van der Waals surface area (Å²) in [4.78, 5) is 13.1. The first-order valence-corrected chi connectivity index (χ1v) is 7.55. The SMILES string of the molecule is CSc1ccc(Cl)c(C(=O)NCC2(N)CCC2)c1. The van der Waals surface area contributed by atoms with Crippen molar-refractivity contribution in [2.75, 3.05) is 12.8 Å². The van der Waals surface area contributed by atoms with Gasteiger partial charge in [-0.1, -0.05) is 11.6 Å². The number of nitrogens with two attached hydrogens (primary N) is 1. The number of carbonyl (C=O) groups excluding carboxylic acids is 1. The number of rotatable bonds is 4. The topological polar surface area (TPSA) is 55.1 Å². The lowest BCUT2D eigenvalue weighted by Gasteiger charge is -2.38. The molecule has 0 heterocycles. The van der Waals surface area contributed by atoms with E-state index in [-0.39, 0.29) is 11.4 Å². The van der Waals surface area contributed by atoms with Gasteiger partial charge in [-0.2, -0.15) is 0 Å². The summed E-state index contributed by atoms with van der Waals surface area (Å²) in [5.74, 6) is -0.146. The van der Waals surface area contributed by atoms with Crippen LogP contribution in [0.5, 0.6) is 0 Å². The minimum atomic E-state index is -0.209. The highest BCUT2D eigenvalue weighted by Gasteiger charge is 2.32. The van der Waals surface area contributed by atoms with E-state index in [9.17, 15) is 4.79 Å². The molecule has 1 aliphatic carbocycles. The Labute approximate surface area is 116 Å². The van der Waals surface area contributed by atoms with Gasteiger partial charge in [0.25, 0.3) is 5.91 Å². The summed E-state index contributed by atoms with van der Waals surface area (Å²) < 4.78 is 0. The van der Waals surface area contributed by atoms with Crippen LogP contribution in [0, 0.1) is 0 Å². The van der Waals surface area contributed by atoms with E-state index in [1.807, 2.05) is 18.4 Å². The first kappa shape index (κ1) is 13.7. The molecular weight excluding hydrogens is 268 g/mol. The van der Waals surface area contributed by atoms with Crippen LogP contribution >= 0.6 is 23.4 Å². The van der Waals surface area contributed by atoms with Crippen LogP contribution in [0.4, 0.5) is 0 Å². The fourth-order valence-corrected chi connectivity index (χ4v) is 2.61. The van der Waals surface area contributed by atoms with Crippen molar-refractivity contribution in [1.82, 2.24) is 5.32 Å². The third kappa shape index (κ3) is 2.99. The van der Waals surface area contributed by atoms with Crippen molar-refractivity contribution in [3.63, 3.8) is 0 Å². The summed E-state index contributed by atoms with van der Waals surface area (Å²) >= 11 is 7.63. The van der Waals surface area contributed by atoms with Crippen LogP contribution in [0.3, 0.4) is 0 Å². The predicted octanol–water partition coefficient (Wildman–Crippen LogP) is 2.67. The molecule has 1 saturated carbocycles. The van der Waals surface area contributed by atoms with E-state index in [4.69, 9.17) is 17.3 Å². The molecule has 0 bridgehead atoms. The summed E-state index contributed by atoms with van der Waals surface area (Å²) in [5, 5.41) is 3.35. The van der Waals surface area contributed by atoms with Crippen LogP contribution < -0.4 is 11.1 Å². The van der Waals surface area contributed by atoms with Crippen LogP contribution in [-0.4, -0.2) is 24.2 Å². The van der Waals surface area contributed by atoms with Crippen molar-refractivity contribution >= 4 is 29.3 Å². The van der Waals surface area contributed by atoms with Gasteiger partial charge in [0, 0.05) is 17.0 Å². The highest BCUT2D eigenvalue weighted by Crippen LogP contribution is 2.28.